The van der Waals surface area contributed by atoms with Gasteiger partial charge in [-0.15, -0.1) is 11.3 Å². The number of rotatable bonds is 6. The minimum atomic E-state index is -3.64. The number of halogens is 1. The predicted molar refractivity (Wildman–Crippen MR) is 99.1 cm³/mol. The summed E-state index contributed by atoms with van der Waals surface area (Å²) in [7, 11) is -3.64. The maximum Gasteiger partial charge on any atom is 0.253 e. The number of nitrogens with zero attached hydrogens (tertiary/aromatic N) is 1. The Hall–Kier alpha value is -1.77. The highest BCUT2D eigenvalue weighted by molar-refractivity contribution is 7.91. The second kappa shape index (κ2) is 7.85. The van der Waals surface area contributed by atoms with E-state index in [1.54, 1.807) is 24.3 Å². The molecule has 0 bridgehead atoms. The van der Waals surface area contributed by atoms with Gasteiger partial charge in [-0.1, -0.05) is 12.1 Å². The molecular formula is C18H21FN2O3S2. The molecule has 0 aliphatic carbocycles. The van der Waals surface area contributed by atoms with Gasteiger partial charge < -0.3 is 5.32 Å². The Balaban J connectivity index is 1.62. The molecule has 2 aromatic rings. The summed E-state index contributed by atoms with van der Waals surface area (Å²) in [6.07, 6.45) is 1.75. The minimum Gasteiger partial charge on any atom is -0.354 e. The van der Waals surface area contributed by atoms with E-state index in [-0.39, 0.29) is 15.9 Å². The first-order valence-corrected chi connectivity index (χ1v) is 10.7. The number of thiophene rings is 1. The van der Waals surface area contributed by atoms with Crippen LogP contribution >= 0.6 is 11.3 Å². The van der Waals surface area contributed by atoms with Crippen molar-refractivity contribution < 1.29 is 17.6 Å². The molecule has 1 atom stereocenters. The van der Waals surface area contributed by atoms with Gasteiger partial charge in [0.25, 0.3) is 10.0 Å². The maximum absolute atomic E-state index is 12.9. The van der Waals surface area contributed by atoms with Gasteiger partial charge in [0, 0.05) is 18.0 Å². The number of nitrogens with one attached hydrogen (secondary N) is 1. The average Bonchev–Trinajstić information content (AvgIpc) is 3.26. The van der Waals surface area contributed by atoms with Crippen molar-refractivity contribution in [2.24, 2.45) is 0 Å². The molecule has 1 N–H and O–H groups in total. The average molecular weight is 397 g/mol. The zero-order chi connectivity index (χ0) is 18.7. The summed E-state index contributed by atoms with van der Waals surface area (Å²) < 4.78 is 40.1. The topological polar surface area (TPSA) is 66.5 Å². The molecule has 1 aromatic heterocycles. The van der Waals surface area contributed by atoms with Crippen LogP contribution in [0, 0.1) is 12.7 Å². The fourth-order valence-electron chi connectivity index (χ4n) is 3.06. The molecule has 1 saturated heterocycles. The lowest BCUT2D eigenvalue weighted by molar-refractivity contribution is -0.124. The smallest absolute Gasteiger partial charge is 0.253 e. The van der Waals surface area contributed by atoms with Crippen LogP contribution in [0.5, 0.6) is 0 Å². The number of aryl methyl sites for hydroxylation is 1. The van der Waals surface area contributed by atoms with Crippen molar-refractivity contribution >= 4 is 27.3 Å². The van der Waals surface area contributed by atoms with Crippen molar-refractivity contribution in [1.82, 2.24) is 9.62 Å². The highest BCUT2D eigenvalue weighted by atomic mass is 32.2. The third-order valence-electron chi connectivity index (χ3n) is 4.41. The van der Waals surface area contributed by atoms with E-state index < -0.39 is 16.1 Å². The molecule has 5 nitrogen and oxygen atoms in total. The zero-order valence-corrected chi connectivity index (χ0v) is 16.1. The summed E-state index contributed by atoms with van der Waals surface area (Å²) in [5.41, 5.74) is 0.914. The van der Waals surface area contributed by atoms with E-state index >= 15 is 0 Å². The number of amides is 1. The fourth-order valence-corrected chi connectivity index (χ4v) is 6.12. The van der Waals surface area contributed by atoms with Crippen LogP contribution in [-0.4, -0.2) is 37.8 Å². The standard InChI is InChI=1S/C18H21FN2O3S2/c1-13-4-9-17(25-13)26(23,24)21-12-2-3-16(21)18(22)20-11-10-14-5-7-15(19)8-6-14/h4-9,16H,2-3,10-12H2,1H3,(H,20,22). The van der Waals surface area contributed by atoms with E-state index in [4.69, 9.17) is 0 Å². The van der Waals surface area contributed by atoms with Crippen LogP contribution in [-0.2, 0) is 21.2 Å². The van der Waals surface area contributed by atoms with Crippen molar-refractivity contribution in [3.8, 4) is 0 Å². The second-order valence-corrected chi connectivity index (χ2v) is 9.71. The van der Waals surface area contributed by atoms with Gasteiger partial charge >= 0.3 is 0 Å². The molecule has 140 valence electrons. The molecule has 3 rings (SSSR count). The summed E-state index contributed by atoms with van der Waals surface area (Å²) >= 11 is 1.22. The lowest BCUT2D eigenvalue weighted by atomic mass is 10.1. The Morgan fingerprint density at radius 1 is 1.27 bits per heavy atom. The van der Waals surface area contributed by atoms with Gasteiger partial charge in [0.1, 0.15) is 16.1 Å². The molecule has 1 unspecified atom stereocenters. The summed E-state index contributed by atoms with van der Waals surface area (Å²) in [5.74, 6) is -0.574. The van der Waals surface area contributed by atoms with Crippen LogP contribution in [0.25, 0.3) is 0 Å². The van der Waals surface area contributed by atoms with E-state index in [1.807, 2.05) is 6.92 Å². The normalized spacial score (nSPS) is 18.2. The van der Waals surface area contributed by atoms with Crippen LogP contribution < -0.4 is 5.32 Å². The van der Waals surface area contributed by atoms with Crippen molar-refractivity contribution in [1.29, 1.82) is 0 Å². The first-order valence-electron chi connectivity index (χ1n) is 8.48. The second-order valence-electron chi connectivity index (χ2n) is 6.31. The molecule has 0 radical (unpaired) electrons. The van der Waals surface area contributed by atoms with Gasteiger partial charge in [-0.3, -0.25) is 4.79 Å². The first kappa shape index (κ1) is 19.0. The first-order chi connectivity index (χ1) is 12.4. The van der Waals surface area contributed by atoms with Gasteiger partial charge in [0.2, 0.25) is 5.91 Å². The van der Waals surface area contributed by atoms with Gasteiger partial charge in [0.15, 0.2) is 0 Å². The number of carbonyl (C=O) groups excluding carboxylic acids is 1. The van der Waals surface area contributed by atoms with Gasteiger partial charge in [-0.25, -0.2) is 12.8 Å². The van der Waals surface area contributed by atoms with Crippen molar-refractivity contribution in [3.63, 3.8) is 0 Å². The van der Waals surface area contributed by atoms with Crippen LogP contribution in [0.4, 0.5) is 4.39 Å². The van der Waals surface area contributed by atoms with Crippen LogP contribution in [0.1, 0.15) is 23.3 Å². The number of sulfonamides is 1. The monoisotopic (exact) mass is 396 g/mol. The minimum absolute atomic E-state index is 0.276. The quantitative estimate of drug-likeness (QED) is 0.816. The molecular weight excluding hydrogens is 375 g/mol. The molecule has 1 aliphatic rings. The number of carbonyl (C=O) groups is 1. The SMILES string of the molecule is Cc1ccc(S(=O)(=O)N2CCCC2C(=O)NCCc2ccc(F)cc2)s1. The van der Waals surface area contributed by atoms with Crippen LogP contribution in [0.15, 0.2) is 40.6 Å². The third-order valence-corrected chi connectivity index (χ3v) is 7.79. The molecule has 1 aromatic carbocycles. The van der Waals surface area contributed by atoms with Gasteiger partial charge in [-0.2, -0.15) is 4.31 Å². The molecule has 26 heavy (non-hydrogen) atoms. The Morgan fingerprint density at radius 2 is 2.00 bits per heavy atom. The Morgan fingerprint density at radius 3 is 2.65 bits per heavy atom. The van der Waals surface area contributed by atoms with Crippen LogP contribution in [0.2, 0.25) is 0 Å². The molecule has 8 heteroatoms. The van der Waals surface area contributed by atoms with Crippen molar-refractivity contribution in [3.05, 3.63) is 52.7 Å². The third kappa shape index (κ3) is 4.13. The maximum atomic E-state index is 12.9. The summed E-state index contributed by atoms with van der Waals surface area (Å²) in [4.78, 5) is 13.4. The predicted octanol–water partition coefficient (Wildman–Crippen LogP) is 2.71. The van der Waals surface area contributed by atoms with Gasteiger partial charge in [-0.05, 0) is 56.0 Å². The highest BCUT2D eigenvalue weighted by Crippen LogP contribution is 2.30. The van der Waals surface area contributed by atoms with Crippen LogP contribution in [0.3, 0.4) is 0 Å². The Bertz CT molecular complexity index is 878. The molecule has 0 saturated carbocycles. The zero-order valence-electron chi connectivity index (χ0n) is 14.4. The summed E-state index contributed by atoms with van der Waals surface area (Å²) in [5, 5.41) is 2.81. The molecule has 2 heterocycles. The van der Waals surface area contributed by atoms with Gasteiger partial charge in [0.05, 0.1) is 0 Å². The van der Waals surface area contributed by atoms with E-state index in [9.17, 15) is 17.6 Å². The summed E-state index contributed by atoms with van der Waals surface area (Å²) in [6.45, 7) is 2.59. The molecule has 1 amide bonds. The van der Waals surface area contributed by atoms with Crippen molar-refractivity contribution in [2.75, 3.05) is 13.1 Å². The highest BCUT2D eigenvalue weighted by Gasteiger charge is 2.39. The Labute approximate surface area is 156 Å². The molecule has 1 aliphatic heterocycles. The molecule has 0 spiro atoms. The van der Waals surface area contributed by atoms with E-state index in [0.717, 1.165) is 10.4 Å². The van der Waals surface area contributed by atoms with Crippen molar-refractivity contribution in [2.45, 2.75) is 36.4 Å². The lowest BCUT2D eigenvalue weighted by Crippen LogP contribution is -2.46. The van der Waals surface area contributed by atoms with E-state index in [2.05, 4.69) is 5.32 Å². The number of hydrogen-bond donors (Lipinski definition) is 1. The Kier molecular flexibility index (Phi) is 5.74. The van der Waals surface area contributed by atoms with E-state index in [1.165, 1.54) is 27.8 Å². The fraction of sp³-hybridized carbons (Fsp3) is 0.389. The summed E-state index contributed by atoms with van der Waals surface area (Å²) in [6, 6.07) is 8.80. The molecule has 1 fully saturated rings. The largest absolute Gasteiger partial charge is 0.354 e. The number of hydrogen-bond acceptors (Lipinski definition) is 4. The lowest BCUT2D eigenvalue weighted by Gasteiger charge is -2.22. The number of benzene rings is 1. The van der Waals surface area contributed by atoms with E-state index in [0.29, 0.717) is 32.4 Å².